The molecule has 0 saturated carbocycles. The Hall–Kier alpha value is -2.28. The van der Waals surface area contributed by atoms with E-state index in [1.165, 1.54) is 12.1 Å². The molecule has 2 heterocycles. The van der Waals surface area contributed by atoms with E-state index in [-0.39, 0.29) is 12.3 Å². The average Bonchev–Trinajstić information content (AvgIpc) is 2.51. The average molecular weight is 335 g/mol. The van der Waals surface area contributed by atoms with Gasteiger partial charge >= 0.3 is 17.7 Å². The van der Waals surface area contributed by atoms with E-state index in [1.54, 1.807) is 6.07 Å². The van der Waals surface area contributed by atoms with E-state index in [0.29, 0.717) is 24.6 Å². The molecule has 1 fully saturated rings. The fourth-order valence-corrected chi connectivity index (χ4v) is 2.85. The molecule has 2 aliphatic heterocycles. The van der Waals surface area contributed by atoms with Gasteiger partial charge in [0.1, 0.15) is 11.5 Å². The van der Waals surface area contributed by atoms with Gasteiger partial charge in [0, 0.05) is 12.5 Å². The predicted molar refractivity (Wildman–Crippen MR) is 83.5 cm³/mol. The fourth-order valence-electron chi connectivity index (χ4n) is 2.85. The summed E-state index contributed by atoms with van der Waals surface area (Å²) < 4.78 is 16.4. The van der Waals surface area contributed by atoms with Crippen molar-refractivity contribution < 1.29 is 28.9 Å². The summed E-state index contributed by atoms with van der Waals surface area (Å²) in [6, 6.07) is 4.70. The number of hydrogen-bond acceptors (Lipinski definition) is 7. The van der Waals surface area contributed by atoms with Crippen LogP contribution < -0.4 is 10.1 Å². The smallest absolute Gasteiger partial charge is 0.420 e. The maximum atomic E-state index is 11.7. The maximum absolute atomic E-state index is 11.7. The first kappa shape index (κ1) is 16.6. The van der Waals surface area contributed by atoms with Crippen molar-refractivity contribution in [3.05, 3.63) is 23.8 Å². The van der Waals surface area contributed by atoms with Crippen molar-refractivity contribution in [2.75, 3.05) is 13.1 Å². The molecule has 130 valence electrons. The maximum Gasteiger partial charge on any atom is 0.420 e. The molecule has 0 aliphatic carbocycles. The largest absolute Gasteiger partial charge is 0.508 e. The van der Waals surface area contributed by atoms with E-state index in [9.17, 15) is 14.7 Å². The first-order valence-corrected chi connectivity index (χ1v) is 8.05. The molecule has 7 heteroatoms. The van der Waals surface area contributed by atoms with Gasteiger partial charge in [0.15, 0.2) is 6.10 Å². The van der Waals surface area contributed by atoms with Crippen LogP contribution in [0.1, 0.15) is 25.8 Å². The standard InChI is InChI=1S/C17H21NO6/c1-10(2)5-6-18-9-17-14(22-15(20)16(21)24-17)7-11-3-4-12(19)8-13(11)23-17/h3-4,8,10,14,18-19H,5-7,9H2,1-2H3. The summed E-state index contributed by atoms with van der Waals surface area (Å²) in [5, 5.41) is 12.8. The zero-order valence-electron chi connectivity index (χ0n) is 13.7. The Bertz CT molecular complexity index is 658. The van der Waals surface area contributed by atoms with Crippen LogP contribution in [0.2, 0.25) is 0 Å². The van der Waals surface area contributed by atoms with Crippen LogP contribution in [0.3, 0.4) is 0 Å². The third-order valence-corrected chi connectivity index (χ3v) is 4.18. The van der Waals surface area contributed by atoms with Gasteiger partial charge in [0.05, 0.1) is 6.54 Å². The molecule has 3 rings (SSSR count). The fraction of sp³-hybridized carbons (Fsp3) is 0.529. The number of aromatic hydroxyl groups is 1. The number of carbonyl (C=O) groups is 2. The van der Waals surface area contributed by atoms with E-state index < -0.39 is 23.8 Å². The molecule has 2 N–H and O–H groups in total. The first-order valence-electron chi connectivity index (χ1n) is 8.05. The number of rotatable bonds is 5. The Morgan fingerprint density at radius 1 is 1.29 bits per heavy atom. The molecule has 1 aromatic rings. The molecular weight excluding hydrogens is 314 g/mol. The van der Waals surface area contributed by atoms with Crippen molar-refractivity contribution in [2.45, 2.75) is 38.6 Å². The van der Waals surface area contributed by atoms with E-state index in [1.807, 2.05) is 0 Å². The minimum Gasteiger partial charge on any atom is -0.508 e. The second kappa shape index (κ2) is 6.32. The van der Waals surface area contributed by atoms with E-state index in [0.717, 1.165) is 12.0 Å². The zero-order valence-corrected chi connectivity index (χ0v) is 13.7. The van der Waals surface area contributed by atoms with Crippen molar-refractivity contribution in [1.29, 1.82) is 0 Å². The number of ether oxygens (including phenoxy) is 3. The highest BCUT2D eigenvalue weighted by Gasteiger charge is 2.55. The minimum absolute atomic E-state index is 0.0502. The molecule has 24 heavy (non-hydrogen) atoms. The van der Waals surface area contributed by atoms with Crippen LogP contribution in [0.15, 0.2) is 18.2 Å². The predicted octanol–water partition coefficient (Wildman–Crippen LogP) is 1.13. The Morgan fingerprint density at radius 2 is 2.08 bits per heavy atom. The number of esters is 2. The summed E-state index contributed by atoms with van der Waals surface area (Å²) in [5.41, 5.74) is 0.779. The van der Waals surface area contributed by atoms with E-state index in [2.05, 4.69) is 19.2 Å². The SMILES string of the molecule is CC(C)CCNCC12OC(=O)C(=O)OC1Cc1ccc(O)cc1O2. The van der Waals surface area contributed by atoms with Gasteiger partial charge < -0.3 is 24.6 Å². The molecule has 2 unspecified atom stereocenters. The third-order valence-electron chi connectivity index (χ3n) is 4.18. The van der Waals surface area contributed by atoms with E-state index in [4.69, 9.17) is 14.2 Å². The van der Waals surface area contributed by atoms with Crippen molar-refractivity contribution in [1.82, 2.24) is 5.32 Å². The second-order valence-electron chi connectivity index (χ2n) is 6.55. The van der Waals surface area contributed by atoms with Gasteiger partial charge in [0.2, 0.25) is 0 Å². The normalized spacial score (nSPS) is 25.4. The van der Waals surface area contributed by atoms with Gasteiger partial charge in [-0.25, -0.2) is 9.59 Å². The van der Waals surface area contributed by atoms with Crippen LogP contribution in [0.4, 0.5) is 0 Å². The molecule has 2 atom stereocenters. The molecule has 0 amide bonds. The van der Waals surface area contributed by atoms with Crippen LogP contribution in [0, 0.1) is 5.92 Å². The summed E-state index contributed by atoms with van der Waals surface area (Å²) in [7, 11) is 0. The van der Waals surface area contributed by atoms with Gasteiger partial charge in [-0.2, -0.15) is 0 Å². The second-order valence-corrected chi connectivity index (χ2v) is 6.55. The number of benzene rings is 1. The number of carbonyl (C=O) groups excluding carboxylic acids is 2. The quantitative estimate of drug-likeness (QED) is 0.473. The lowest BCUT2D eigenvalue weighted by Gasteiger charge is -2.44. The highest BCUT2D eigenvalue weighted by Crippen LogP contribution is 2.39. The Balaban J connectivity index is 1.83. The molecule has 0 radical (unpaired) electrons. The minimum atomic E-state index is -1.41. The Kier molecular flexibility index (Phi) is 4.36. The van der Waals surface area contributed by atoms with Crippen molar-refractivity contribution in [3.63, 3.8) is 0 Å². The monoisotopic (exact) mass is 335 g/mol. The summed E-state index contributed by atoms with van der Waals surface area (Å²) >= 11 is 0. The molecule has 0 bridgehead atoms. The van der Waals surface area contributed by atoms with Crippen molar-refractivity contribution >= 4 is 11.9 Å². The van der Waals surface area contributed by atoms with Gasteiger partial charge in [0.25, 0.3) is 0 Å². The van der Waals surface area contributed by atoms with Crippen LogP contribution >= 0.6 is 0 Å². The molecule has 1 saturated heterocycles. The van der Waals surface area contributed by atoms with Gasteiger partial charge in [-0.15, -0.1) is 0 Å². The zero-order chi connectivity index (χ0) is 17.3. The number of phenolic OH excluding ortho intramolecular Hbond substituents is 1. The molecule has 0 aromatic heterocycles. The molecule has 7 nitrogen and oxygen atoms in total. The lowest BCUT2D eigenvalue weighted by Crippen LogP contribution is -2.65. The summed E-state index contributed by atoms with van der Waals surface area (Å²) in [6.07, 6.45) is 0.568. The number of phenols is 1. The van der Waals surface area contributed by atoms with Gasteiger partial charge in [-0.05, 0) is 30.5 Å². The van der Waals surface area contributed by atoms with Crippen LogP contribution in [-0.2, 0) is 25.5 Å². The van der Waals surface area contributed by atoms with Gasteiger partial charge in [-0.3, -0.25) is 0 Å². The molecule has 2 aliphatic rings. The van der Waals surface area contributed by atoms with Crippen LogP contribution in [-0.4, -0.2) is 42.0 Å². The number of hydrogen-bond donors (Lipinski definition) is 2. The molecule has 1 aromatic carbocycles. The number of fused-ring (bicyclic) bond motifs is 2. The highest BCUT2D eigenvalue weighted by molar-refractivity contribution is 6.30. The first-order chi connectivity index (χ1) is 11.4. The topological polar surface area (TPSA) is 94.1 Å². The molecular formula is C17H21NO6. The third kappa shape index (κ3) is 3.17. The summed E-state index contributed by atoms with van der Waals surface area (Å²) in [4.78, 5) is 23.3. The molecule has 0 spiro atoms. The van der Waals surface area contributed by atoms with Crippen molar-refractivity contribution in [3.8, 4) is 11.5 Å². The summed E-state index contributed by atoms with van der Waals surface area (Å²) in [6.45, 7) is 5.13. The van der Waals surface area contributed by atoms with Crippen LogP contribution in [0.5, 0.6) is 11.5 Å². The number of nitrogens with one attached hydrogen (secondary N) is 1. The highest BCUT2D eigenvalue weighted by atomic mass is 16.8. The van der Waals surface area contributed by atoms with Gasteiger partial charge in [-0.1, -0.05) is 19.9 Å². The lowest BCUT2D eigenvalue weighted by atomic mass is 9.95. The Labute approximate surface area is 139 Å². The van der Waals surface area contributed by atoms with Crippen LogP contribution in [0.25, 0.3) is 0 Å². The van der Waals surface area contributed by atoms with Crippen molar-refractivity contribution in [2.24, 2.45) is 5.92 Å². The lowest BCUT2D eigenvalue weighted by molar-refractivity contribution is -0.264. The Morgan fingerprint density at radius 3 is 2.83 bits per heavy atom. The summed E-state index contributed by atoms with van der Waals surface area (Å²) in [5.74, 6) is -2.49. The van der Waals surface area contributed by atoms with E-state index >= 15 is 0 Å².